The molecule has 3 nitrogen and oxygen atoms in total. The zero-order chi connectivity index (χ0) is 15.4. The molecule has 2 aromatic carbocycles. The van der Waals surface area contributed by atoms with Crippen molar-refractivity contribution >= 4 is 22.5 Å². The van der Waals surface area contributed by atoms with Gasteiger partial charge in [-0.05, 0) is 42.2 Å². The lowest BCUT2D eigenvalue weighted by Crippen LogP contribution is -2.12. The van der Waals surface area contributed by atoms with Gasteiger partial charge in [-0.3, -0.25) is 4.79 Å². The summed E-state index contributed by atoms with van der Waals surface area (Å²) in [5.41, 5.74) is 4.42. The van der Waals surface area contributed by atoms with E-state index < -0.39 is 0 Å². The molecule has 0 saturated carbocycles. The Labute approximate surface area is 130 Å². The maximum atomic E-state index is 12.1. The largest absolute Gasteiger partial charge is 0.361 e. The minimum atomic E-state index is 0.0542. The van der Waals surface area contributed by atoms with Crippen LogP contribution in [0.2, 0.25) is 0 Å². The Balaban J connectivity index is 1.62. The Kier molecular flexibility index (Phi) is 4.24. The molecular formula is C19H20N2O. The van der Waals surface area contributed by atoms with Gasteiger partial charge >= 0.3 is 0 Å². The van der Waals surface area contributed by atoms with Crippen molar-refractivity contribution in [2.75, 3.05) is 5.32 Å². The van der Waals surface area contributed by atoms with Gasteiger partial charge in [0.2, 0.25) is 5.91 Å². The molecule has 1 aromatic heterocycles. The number of hydrogen-bond donors (Lipinski definition) is 2. The molecule has 3 aromatic rings. The molecule has 112 valence electrons. The lowest BCUT2D eigenvalue weighted by atomic mass is 10.1. The van der Waals surface area contributed by atoms with E-state index in [2.05, 4.69) is 35.4 Å². The molecule has 0 aliphatic carbocycles. The van der Waals surface area contributed by atoms with Crippen LogP contribution in [0.3, 0.4) is 0 Å². The van der Waals surface area contributed by atoms with Gasteiger partial charge in [0, 0.05) is 29.2 Å². The number of anilines is 1. The highest BCUT2D eigenvalue weighted by atomic mass is 16.1. The monoisotopic (exact) mass is 292 g/mol. The lowest BCUT2D eigenvalue weighted by Gasteiger charge is -2.06. The van der Waals surface area contributed by atoms with E-state index in [0.717, 1.165) is 24.0 Å². The molecule has 0 spiro atoms. The lowest BCUT2D eigenvalue weighted by molar-refractivity contribution is -0.116. The van der Waals surface area contributed by atoms with E-state index in [0.29, 0.717) is 6.42 Å². The van der Waals surface area contributed by atoms with Crippen molar-refractivity contribution in [1.82, 2.24) is 4.98 Å². The Morgan fingerprint density at radius 3 is 2.86 bits per heavy atom. The van der Waals surface area contributed by atoms with Crippen LogP contribution in [0.25, 0.3) is 10.9 Å². The van der Waals surface area contributed by atoms with Crippen molar-refractivity contribution in [3.05, 3.63) is 65.9 Å². The highest BCUT2D eigenvalue weighted by Crippen LogP contribution is 2.19. The number of carbonyl (C=O) groups excluding carboxylic acids is 1. The fourth-order valence-electron chi connectivity index (χ4n) is 2.68. The molecular weight excluding hydrogens is 272 g/mol. The summed E-state index contributed by atoms with van der Waals surface area (Å²) in [7, 11) is 0. The number of aromatic nitrogens is 1. The van der Waals surface area contributed by atoms with Crippen LogP contribution in [0.5, 0.6) is 0 Å². The standard InChI is InChI=1S/C19H20N2O/c1-2-14-6-5-7-16(12-14)21-19(22)11-10-15-13-20-18-9-4-3-8-17(15)18/h3-9,12-13,20H,2,10-11H2,1H3,(H,21,22). The van der Waals surface area contributed by atoms with E-state index in [9.17, 15) is 4.79 Å². The third-order valence-corrected chi connectivity index (χ3v) is 3.92. The van der Waals surface area contributed by atoms with Gasteiger partial charge in [-0.15, -0.1) is 0 Å². The van der Waals surface area contributed by atoms with Crippen molar-refractivity contribution in [1.29, 1.82) is 0 Å². The highest BCUT2D eigenvalue weighted by Gasteiger charge is 2.07. The SMILES string of the molecule is CCc1cccc(NC(=O)CCc2c[nH]c3ccccc23)c1. The van der Waals surface area contributed by atoms with Crippen LogP contribution in [-0.4, -0.2) is 10.9 Å². The maximum Gasteiger partial charge on any atom is 0.224 e. The van der Waals surface area contributed by atoms with E-state index in [1.54, 1.807) is 0 Å². The molecule has 3 heteroatoms. The van der Waals surface area contributed by atoms with Crippen LogP contribution in [-0.2, 0) is 17.6 Å². The first-order chi connectivity index (χ1) is 10.8. The number of rotatable bonds is 5. The molecule has 2 N–H and O–H groups in total. The van der Waals surface area contributed by atoms with Gasteiger partial charge in [0.25, 0.3) is 0 Å². The minimum absolute atomic E-state index is 0.0542. The molecule has 0 radical (unpaired) electrons. The van der Waals surface area contributed by atoms with Gasteiger partial charge in [0.15, 0.2) is 0 Å². The predicted molar refractivity (Wildman–Crippen MR) is 91.1 cm³/mol. The molecule has 0 bridgehead atoms. The summed E-state index contributed by atoms with van der Waals surface area (Å²) < 4.78 is 0. The topological polar surface area (TPSA) is 44.9 Å². The molecule has 0 atom stereocenters. The first-order valence-corrected chi connectivity index (χ1v) is 7.70. The number of aromatic amines is 1. The van der Waals surface area contributed by atoms with E-state index in [4.69, 9.17) is 0 Å². The molecule has 1 amide bonds. The summed E-state index contributed by atoms with van der Waals surface area (Å²) in [6.45, 7) is 2.11. The van der Waals surface area contributed by atoms with Crippen molar-refractivity contribution in [3.8, 4) is 0 Å². The van der Waals surface area contributed by atoms with Crippen LogP contribution in [0.4, 0.5) is 5.69 Å². The Morgan fingerprint density at radius 1 is 1.14 bits per heavy atom. The normalized spacial score (nSPS) is 10.8. The average molecular weight is 292 g/mol. The number of benzene rings is 2. The van der Waals surface area contributed by atoms with Crippen LogP contribution in [0.15, 0.2) is 54.7 Å². The second-order valence-electron chi connectivity index (χ2n) is 5.46. The van der Waals surface area contributed by atoms with Gasteiger partial charge in [-0.2, -0.15) is 0 Å². The third kappa shape index (κ3) is 3.19. The van der Waals surface area contributed by atoms with Crippen LogP contribution < -0.4 is 5.32 Å². The number of hydrogen-bond acceptors (Lipinski definition) is 1. The van der Waals surface area contributed by atoms with Crippen molar-refractivity contribution in [3.63, 3.8) is 0 Å². The van der Waals surface area contributed by atoms with Gasteiger partial charge in [-0.1, -0.05) is 37.3 Å². The number of nitrogens with one attached hydrogen (secondary N) is 2. The second-order valence-corrected chi connectivity index (χ2v) is 5.46. The van der Waals surface area contributed by atoms with Crippen LogP contribution in [0.1, 0.15) is 24.5 Å². The highest BCUT2D eigenvalue weighted by molar-refractivity contribution is 5.91. The summed E-state index contributed by atoms with van der Waals surface area (Å²) in [4.78, 5) is 15.4. The Morgan fingerprint density at radius 2 is 2.00 bits per heavy atom. The van der Waals surface area contributed by atoms with Gasteiger partial charge in [0.1, 0.15) is 0 Å². The molecule has 0 fully saturated rings. The zero-order valence-corrected chi connectivity index (χ0v) is 12.7. The van der Waals surface area contributed by atoms with Gasteiger partial charge in [0.05, 0.1) is 0 Å². The minimum Gasteiger partial charge on any atom is -0.361 e. The van der Waals surface area contributed by atoms with Crippen molar-refractivity contribution in [2.24, 2.45) is 0 Å². The first kappa shape index (κ1) is 14.4. The van der Waals surface area contributed by atoms with Crippen molar-refractivity contribution < 1.29 is 4.79 Å². The Hall–Kier alpha value is -2.55. The van der Waals surface area contributed by atoms with E-state index >= 15 is 0 Å². The fourth-order valence-corrected chi connectivity index (χ4v) is 2.68. The smallest absolute Gasteiger partial charge is 0.224 e. The molecule has 1 heterocycles. The number of para-hydroxylation sites is 1. The fraction of sp³-hybridized carbons (Fsp3) is 0.211. The van der Waals surface area contributed by atoms with E-state index in [1.165, 1.54) is 16.5 Å². The average Bonchev–Trinajstić information content (AvgIpc) is 2.96. The van der Waals surface area contributed by atoms with Gasteiger partial charge in [-0.25, -0.2) is 0 Å². The number of carbonyl (C=O) groups is 1. The van der Waals surface area contributed by atoms with Crippen molar-refractivity contribution in [2.45, 2.75) is 26.2 Å². The molecule has 0 unspecified atom stereocenters. The zero-order valence-electron chi connectivity index (χ0n) is 12.7. The van der Waals surface area contributed by atoms with Gasteiger partial charge < -0.3 is 10.3 Å². The number of aryl methyl sites for hydroxylation is 2. The Bertz CT molecular complexity index is 789. The number of fused-ring (bicyclic) bond motifs is 1. The maximum absolute atomic E-state index is 12.1. The van der Waals surface area contributed by atoms with E-state index in [-0.39, 0.29) is 5.91 Å². The quantitative estimate of drug-likeness (QED) is 0.723. The summed E-state index contributed by atoms with van der Waals surface area (Å²) in [5, 5.41) is 4.18. The van der Waals surface area contributed by atoms with E-state index in [1.807, 2.05) is 36.5 Å². The summed E-state index contributed by atoms with van der Waals surface area (Å²) in [6, 6.07) is 16.2. The molecule has 0 aliphatic heterocycles. The number of amides is 1. The first-order valence-electron chi connectivity index (χ1n) is 7.70. The number of H-pyrrole nitrogens is 1. The van der Waals surface area contributed by atoms with Crippen LogP contribution >= 0.6 is 0 Å². The summed E-state index contributed by atoms with van der Waals surface area (Å²) >= 11 is 0. The summed E-state index contributed by atoms with van der Waals surface area (Å²) in [5.74, 6) is 0.0542. The molecule has 3 rings (SSSR count). The molecule has 22 heavy (non-hydrogen) atoms. The van der Waals surface area contributed by atoms with Crippen LogP contribution in [0, 0.1) is 0 Å². The summed E-state index contributed by atoms with van der Waals surface area (Å²) in [6.07, 6.45) is 4.19. The molecule has 0 saturated heterocycles. The second kappa shape index (κ2) is 6.48. The molecule has 0 aliphatic rings. The predicted octanol–water partition coefficient (Wildman–Crippen LogP) is 4.30. The third-order valence-electron chi connectivity index (χ3n) is 3.92.